The first-order valence-electron chi connectivity index (χ1n) is 7.30. The number of pyridine rings is 1. The maximum absolute atomic E-state index is 12.2. The molecule has 5 nitrogen and oxygen atoms in total. The molecule has 0 aliphatic heterocycles. The van der Waals surface area contributed by atoms with Crippen molar-refractivity contribution in [1.29, 1.82) is 0 Å². The van der Waals surface area contributed by atoms with E-state index >= 15 is 0 Å². The average Bonchev–Trinajstić information content (AvgIpc) is 2.93. The van der Waals surface area contributed by atoms with Gasteiger partial charge in [0, 0.05) is 6.20 Å². The SMILES string of the molecule is O=c1[nH]c2ccncc2n1-c1ccc(Oc2ccccc2)c(Cl)c1. The lowest BCUT2D eigenvalue weighted by molar-refractivity contribution is 0.483. The smallest absolute Gasteiger partial charge is 0.331 e. The van der Waals surface area contributed by atoms with Gasteiger partial charge >= 0.3 is 5.69 Å². The van der Waals surface area contributed by atoms with Crippen LogP contribution in [0.25, 0.3) is 16.7 Å². The Bertz CT molecular complexity index is 1070. The van der Waals surface area contributed by atoms with Crippen molar-refractivity contribution in [2.75, 3.05) is 0 Å². The average molecular weight is 338 g/mol. The molecule has 0 amide bonds. The number of aromatic nitrogens is 3. The largest absolute Gasteiger partial charge is 0.456 e. The lowest BCUT2D eigenvalue weighted by Crippen LogP contribution is -2.14. The van der Waals surface area contributed by atoms with Crippen molar-refractivity contribution in [3.63, 3.8) is 0 Å². The molecule has 0 atom stereocenters. The van der Waals surface area contributed by atoms with Crippen LogP contribution in [0.15, 0.2) is 71.8 Å². The van der Waals surface area contributed by atoms with Crippen molar-refractivity contribution in [3.8, 4) is 17.2 Å². The Morgan fingerprint density at radius 2 is 1.92 bits per heavy atom. The lowest BCUT2D eigenvalue weighted by atomic mass is 10.3. The van der Waals surface area contributed by atoms with Crippen LogP contribution in [-0.4, -0.2) is 14.5 Å². The second-order valence-electron chi connectivity index (χ2n) is 5.19. The van der Waals surface area contributed by atoms with E-state index in [1.165, 1.54) is 4.57 Å². The number of imidazole rings is 1. The molecule has 0 fully saturated rings. The molecule has 24 heavy (non-hydrogen) atoms. The summed E-state index contributed by atoms with van der Waals surface area (Å²) in [7, 11) is 0. The van der Waals surface area contributed by atoms with Gasteiger partial charge in [0.2, 0.25) is 0 Å². The molecule has 6 heteroatoms. The Morgan fingerprint density at radius 3 is 2.71 bits per heavy atom. The fraction of sp³-hybridized carbons (Fsp3) is 0. The topological polar surface area (TPSA) is 59.9 Å². The lowest BCUT2D eigenvalue weighted by Gasteiger charge is -2.09. The summed E-state index contributed by atoms with van der Waals surface area (Å²) in [5, 5.41) is 0.418. The third kappa shape index (κ3) is 2.55. The number of ether oxygens (including phenoxy) is 1. The van der Waals surface area contributed by atoms with Crippen LogP contribution in [0, 0.1) is 0 Å². The van der Waals surface area contributed by atoms with Crippen LogP contribution in [0.3, 0.4) is 0 Å². The van der Waals surface area contributed by atoms with Gasteiger partial charge in [-0.1, -0.05) is 29.8 Å². The van der Waals surface area contributed by atoms with Crippen LogP contribution < -0.4 is 10.4 Å². The van der Waals surface area contributed by atoms with Crippen molar-refractivity contribution < 1.29 is 4.74 Å². The standard InChI is InChI=1S/C18H12ClN3O2/c19-14-10-12(6-7-17(14)24-13-4-2-1-3-5-13)22-16-11-20-9-8-15(16)21-18(22)23/h1-11H,(H,21,23). The summed E-state index contributed by atoms with van der Waals surface area (Å²) in [5.41, 5.74) is 1.81. The monoisotopic (exact) mass is 337 g/mol. The minimum atomic E-state index is -0.245. The van der Waals surface area contributed by atoms with Gasteiger partial charge in [0.15, 0.2) is 0 Å². The molecule has 0 spiro atoms. The molecule has 0 saturated heterocycles. The summed E-state index contributed by atoms with van der Waals surface area (Å²) < 4.78 is 7.29. The molecular formula is C18H12ClN3O2. The minimum absolute atomic E-state index is 0.245. The Hall–Kier alpha value is -3.05. The van der Waals surface area contributed by atoms with Gasteiger partial charge < -0.3 is 9.72 Å². The highest BCUT2D eigenvalue weighted by atomic mass is 35.5. The quantitative estimate of drug-likeness (QED) is 0.610. The molecule has 2 aromatic heterocycles. The van der Waals surface area contributed by atoms with E-state index in [1.54, 1.807) is 36.7 Å². The highest BCUT2D eigenvalue weighted by molar-refractivity contribution is 6.32. The number of rotatable bonds is 3. The maximum atomic E-state index is 12.2. The van der Waals surface area contributed by atoms with Crippen LogP contribution in [0.4, 0.5) is 0 Å². The fourth-order valence-electron chi connectivity index (χ4n) is 2.53. The van der Waals surface area contributed by atoms with Crippen molar-refractivity contribution in [2.45, 2.75) is 0 Å². The Labute approximate surface area is 142 Å². The zero-order chi connectivity index (χ0) is 16.5. The van der Waals surface area contributed by atoms with Crippen molar-refractivity contribution in [2.24, 2.45) is 0 Å². The number of aromatic amines is 1. The van der Waals surface area contributed by atoms with E-state index in [9.17, 15) is 4.79 Å². The van der Waals surface area contributed by atoms with Crippen LogP contribution >= 0.6 is 11.6 Å². The maximum Gasteiger partial charge on any atom is 0.331 e. The first-order chi connectivity index (χ1) is 11.7. The van der Waals surface area contributed by atoms with Gasteiger partial charge in [-0.15, -0.1) is 0 Å². The molecular weight excluding hydrogens is 326 g/mol. The zero-order valence-electron chi connectivity index (χ0n) is 12.4. The molecule has 2 aromatic carbocycles. The highest BCUT2D eigenvalue weighted by Crippen LogP contribution is 2.31. The van der Waals surface area contributed by atoms with E-state index in [-0.39, 0.29) is 5.69 Å². The molecule has 4 aromatic rings. The fourth-order valence-corrected chi connectivity index (χ4v) is 2.75. The van der Waals surface area contributed by atoms with E-state index < -0.39 is 0 Å². The Balaban J connectivity index is 1.76. The molecule has 0 unspecified atom stereocenters. The molecule has 0 radical (unpaired) electrons. The molecule has 0 aliphatic carbocycles. The van der Waals surface area contributed by atoms with Crippen LogP contribution in [0.1, 0.15) is 0 Å². The molecule has 118 valence electrons. The van der Waals surface area contributed by atoms with Gasteiger partial charge in [0.05, 0.1) is 27.9 Å². The Kier molecular flexibility index (Phi) is 3.55. The molecule has 4 rings (SSSR count). The number of nitrogens with one attached hydrogen (secondary N) is 1. The second-order valence-corrected chi connectivity index (χ2v) is 5.60. The molecule has 0 aliphatic rings. The number of halogens is 1. The van der Waals surface area contributed by atoms with Gasteiger partial charge in [-0.2, -0.15) is 0 Å². The zero-order valence-corrected chi connectivity index (χ0v) is 13.2. The van der Waals surface area contributed by atoms with Crippen LogP contribution in [-0.2, 0) is 0 Å². The van der Waals surface area contributed by atoms with Crippen molar-refractivity contribution >= 4 is 22.6 Å². The number of para-hydroxylation sites is 1. The van der Waals surface area contributed by atoms with Gasteiger partial charge in [0.1, 0.15) is 11.5 Å². The summed E-state index contributed by atoms with van der Waals surface area (Å²) in [4.78, 5) is 19.1. The summed E-state index contributed by atoms with van der Waals surface area (Å²) in [6.07, 6.45) is 3.27. The number of nitrogens with zero attached hydrogens (tertiary/aromatic N) is 2. The number of fused-ring (bicyclic) bond motifs is 1. The van der Waals surface area contributed by atoms with E-state index in [1.807, 2.05) is 30.3 Å². The third-order valence-corrected chi connectivity index (χ3v) is 3.93. The first-order valence-corrected chi connectivity index (χ1v) is 7.68. The van der Waals surface area contributed by atoms with E-state index in [2.05, 4.69) is 9.97 Å². The number of benzene rings is 2. The van der Waals surface area contributed by atoms with Gasteiger partial charge in [-0.25, -0.2) is 4.79 Å². The number of hydrogen-bond donors (Lipinski definition) is 1. The summed E-state index contributed by atoms with van der Waals surface area (Å²) in [5.74, 6) is 1.22. The number of H-pyrrole nitrogens is 1. The predicted octanol–water partition coefficient (Wildman–Crippen LogP) is 4.16. The third-order valence-electron chi connectivity index (χ3n) is 3.63. The van der Waals surface area contributed by atoms with Crippen LogP contribution in [0.5, 0.6) is 11.5 Å². The van der Waals surface area contributed by atoms with Crippen molar-refractivity contribution in [1.82, 2.24) is 14.5 Å². The van der Waals surface area contributed by atoms with Gasteiger partial charge in [0.25, 0.3) is 0 Å². The molecule has 2 heterocycles. The summed E-state index contributed by atoms with van der Waals surface area (Å²) in [6.45, 7) is 0. The highest BCUT2D eigenvalue weighted by Gasteiger charge is 2.11. The Morgan fingerprint density at radius 1 is 1.08 bits per heavy atom. The minimum Gasteiger partial charge on any atom is -0.456 e. The van der Waals surface area contributed by atoms with Crippen molar-refractivity contribution in [3.05, 3.63) is 82.5 Å². The van der Waals surface area contributed by atoms with E-state index in [0.717, 1.165) is 5.52 Å². The van der Waals surface area contributed by atoms with E-state index in [4.69, 9.17) is 16.3 Å². The normalized spacial score (nSPS) is 10.9. The van der Waals surface area contributed by atoms with Crippen LogP contribution in [0.2, 0.25) is 5.02 Å². The van der Waals surface area contributed by atoms with E-state index in [0.29, 0.717) is 27.7 Å². The second kappa shape index (κ2) is 5.86. The van der Waals surface area contributed by atoms with Gasteiger partial charge in [-0.3, -0.25) is 9.55 Å². The number of hydrogen-bond acceptors (Lipinski definition) is 3. The first kappa shape index (κ1) is 14.5. The molecule has 0 saturated carbocycles. The molecule has 1 N–H and O–H groups in total. The molecule has 0 bridgehead atoms. The van der Waals surface area contributed by atoms with Gasteiger partial charge in [-0.05, 0) is 36.4 Å². The summed E-state index contributed by atoms with van der Waals surface area (Å²) >= 11 is 6.33. The predicted molar refractivity (Wildman–Crippen MR) is 93.2 cm³/mol. The summed E-state index contributed by atoms with van der Waals surface area (Å²) in [6, 6.07) is 16.3.